The van der Waals surface area contributed by atoms with Crippen molar-refractivity contribution < 1.29 is 13.2 Å². The standard InChI is InChI=1S/C21H15Cl2N3O3S2/c22-14-2-5-16(6-3-14)31(28,29)26-18-8-4-15(23)12-17(18)21(27)25-19-7-1-13(9-10-24)11-20(19)30/h1-8,11-12,26,30H,9H2,(H,25,27). The Bertz CT molecular complexity index is 1290. The number of nitrogens with one attached hydrogen (secondary N) is 2. The lowest BCUT2D eigenvalue weighted by Gasteiger charge is -2.14. The van der Waals surface area contributed by atoms with E-state index in [0.717, 1.165) is 5.56 Å². The third-order valence-electron chi connectivity index (χ3n) is 4.19. The van der Waals surface area contributed by atoms with E-state index in [0.29, 0.717) is 15.6 Å². The van der Waals surface area contributed by atoms with Crippen molar-refractivity contribution in [3.63, 3.8) is 0 Å². The molecule has 0 fully saturated rings. The Hall–Kier alpha value is -2.70. The van der Waals surface area contributed by atoms with E-state index in [4.69, 9.17) is 28.5 Å². The summed E-state index contributed by atoms with van der Waals surface area (Å²) in [5, 5.41) is 12.1. The van der Waals surface area contributed by atoms with E-state index in [9.17, 15) is 13.2 Å². The maximum absolute atomic E-state index is 12.9. The molecular weight excluding hydrogens is 477 g/mol. The van der Waals surface area contributed by atoms with Crippen LogP contribution in [0.2, 0.25) is 10.0 Å². The van der Waals surface area contributed by atoms with Gasteiger partial charge in [0.2, 0.25) is 0 Å². The highest BCUT2D eigenvalue weighted by Crippen LogP contribution is 2.27. The Balaban J connectivity index is 1.90. The molecule has 0 unspecified atom stereocenters. The van der Waals surface area contributed by atoms with Crippen LogP contribution >= 0.6 is 35.8 Å². The lowest BCUT2D eigenvalue weighted by atomic mass is 10.1. The van der Waals surface area contributed by atoms with Crippen molar-refractivity contribution in [1.82, 2.24) is 0 Å². The van der Waals surface area contributed by atoms with Gasteiger partial charge in [0.25, 0.3) is 15.9 Å². The van der Waals surface area contributed by atoms with Crippen LogP contribution in [-0.2, 0) is 16.4 Å². The van der Waals surface area contributed by atoms with Crippen molar-refractivity contribution in [2.24, 2.45) is 0 Å². The zero-order chi connectivity index (χ0) is 22.6. The largest absolute Gasteiger partial charge is 0.321 e. The van der Waals surface area contributed by atoms with Crippen molar-refractivity contribution >= 4 is 63.1 Å². The lowest BCUT2D eigenvalue weighted by molar-refractivity contribution is 0.102. The molecule has 0 aliphatic rings. The summed E-state index contributed by atoms with van der Waals surface area (Å²) in [7, 11) is -3.97. The first-order valence-corrected chi connectivity index (χ1v) is 11.5. The van der Waals surface area contributed by atoms with Crippen molar-refractivity contribution in [3.8, 4) is 6.07 Å². The topological polar surface area (TPSA) is 99.1 Å². The SMILES string of the molecule is N#CCc1ccc(NC(=O)c2cc(Cl)ccc2NS(=O)(=O)c2ccc(Cl)cc2)c(S)c1. The van der Waals surface area contributed by atoms with Crippen molar-refractivity contribution in [2.45, 2.75) is 16.2 Å². The Labute approximate surface area is 195 Å². The van der Waals surface area contributed by atoms with Gasteiger partial charge in [0.05, 0.1) is 34.3 Å². The highest BCUT2D eigenvalue weighted by Gasteiger charge is 2.20. The molecule has 0 bridgehead atoms. The zero-order valence-electron chi connectivity index (χ0n) is 15.8. The fourth-order valence-electron chi connectivity index (χ4n) is 2.68. The number of amides is 1. The molecule has 0 aromatic heterocycles. The van der Waals surface area contributed by atoms with Crippen LogP contribution < -0.4 is 10.0 Å². The minimum atomic E-state index is -3.97. The van der Waals surface area contributed by atoms with E-state index in [1.807, 2.05) is 6.07 Å². The second-order valence-corrected chi connectivity index (χ2v) is 9.43. The summed E-state index contributed by atoms with van der Waals surface area (Å²) < 4.78 is 27.9. The molecule has 0 aliphatic heterocycles. The summed E-state index contributed by atoms with van der Waals surface area (Å²) in [6.07, 6.45) is 0.215. The number of nitrogens with zero attached hydrogens (tertiary/aromatic N) is 1. The third kappa shape index (κ3) is 5.71. The van der Waals surface area contributed by atoms with Crippen LogP contribution in [0.4, 0.5) is 11.4 Å². The average molecular weight is 492 g/mol. The number of thiol groups is 1. The first-order valence-electron chi connectivity index (χ1n) is 8.78. The maximum Gasteiger partial charge on any atom is 0.261 e. The minimum absolute atomic E-state index is 0.0102. The number of sulfonamides is 1. The van der Waals surface area contributed by atoms with Crippen LogP contribution in [0.3, 0.4) is 0 Å². The molecule has 0 aliphatic carbocycles. The first-order chi connectivity index (χ1) is 14.7. The third-order valence-corrected chi connectivity index (χ3v) is 6.43. The molecule has 6 nitrogen and oxygen atoms in total. The van der Waals surface area contributed by atoms with Gasteiger partial charge in [-0.3, -0.25) is 9.52 Å². The number of carbonyl (C=O) groups excluding carboxylic acids is 1. The molecule has 31 heavy (non-hydrogen) atoms. The van der Waals surface area contributed by atoms with Gasteiger partial charge in [0.1, 0.15) is 0 Å². The van der Waals surface area contributed by atoms with Crippen LogP contribution in [0, 0.1) is 11.3 Å². The molecule has 0 saturated carbocycles. The van der Waals surface area contributed by atoms with E-state index in [-0.39, 0.29) is 27.6 Å². The van der Waals surface area contributed by atoms with Gasteiger partial charge in [-0.05, 0) is 60.2 Å². The van der Waals surface area contributed by atoms with Gasteiger partial charge in [-0.1, -0.05) is 29.3 Å². The molecule has 0 radical (unpaired) electrons. The van der Waals surface area contributed by atoms with E-state index in [1.54, 1.807) is 18.2 Å². The number of anilines is 2. The number of nitriles is 1. The smallest absolute Gasteiger partial charge is 0.261 e. The summed E-state index contributed by atoms with van der Waals surface area (Å²) in [6, 6.07) is 16.9. The van der Waals surface area contributed by atoms with E-state index < -0.39 is 15.9 Å². The maximum atomic E-state index is 12.9. The summed E-state index contributed by atoms with van der Waals surface area (Å²) in [5.74, 6) is -0.584. The van der Waals surface area contributed by atoms with E-state index >= 15 is 0 Å². The van der Waals surface area contributed by atoms with Crippen molar-refractivity contribution in [3.05, 3.63) is 81.8 Å². The van der Waals surface area contributed by atoms with Crippen molar-refractivity contribution in [2.75, 3.05) is 10.0 Å². The van der Waals surface area contributed by atoms with Gasteiger partial charge < -0.3 is 5.32 Å². The Morgan fingerprint density at radius 1 is 0.968 bits per heavy atom. The number of benzene rings is 3. The predicted octanol–water partition coefficient (Wildman–Crippen LogP) is 5.40. The van der Waals surface area contributed by atoms with Gasteiger partial charge in [-0.15, -0.1) is 12.6 Å². The Morgan fingerprint density at radius 3 is 2.26 bits per heavy atom. The van der Waals surface area contributed by atoms with Gasteiger partial charge >= 0.3 is 0 Å². The van der Waals surface area contributed by atoms with Gasteiger partial charge in [0.15, 0.2) is 0 Å². The van der Waals surface area contributed by atoms with Crippen LogP contribution in [0.15, 0.2) is 70.5 Å². The molecule has 0 heterocycles. The van der Waals surface area contributed by atoms with Crippen LogP contribution in [0.25, 0.3) is 0 Å². The Kier molecular flexibility index (Phi) is 7.13. The minimum Gasteiger partial charge on any atom is -0.321 e. The molecule has 0 spiro atoms. The Morgan fingerprint density at radius 2 is 1.61 bits per heavy atom. The van der Waals surface area contributed by atoms with Gasteiger partial charge in [-0.25, -0.2) is 8.42 Å². The molecule has 3 aromatic rings. The first kappa shape index (κ1) is 23.0. The van der Waals surface area contributed by atoms with Gasteiger partial charge in [0, 0.05) is 14.9 Å². The van der Waals surface area contributed by atoms with Crippen molar-refractivity contribution in [1.29, 1.82) is 5.26 Å². The molecule has 3 rings (SSSR count). The quantitative estimate of drug-likeness (QED) is 0.401. The molecule has 0 saturated heterocycles. The monoisotopic (exact) mass is 491 g/mol. The molecule has 10 heteroatoms. The molecule has 0 atom stereocenters. The normalized spacial score (nSPS) is 10.9. The molecule has 2 N–H and O–H groups in total. The van der Waals surface area contributed by atoms with Crippen LogP contribution in [0.5, 0.6) is 0 Å². The molecule has 1 amide bonds. The molecule has 3 aromatic carbocycles. The number of hydrogen-bond acceptors (Lipinski definition) is 5. The molecule has 158 valence electrons. The number of carbonyl (C=O) groups is 1. The second kappa shape index (κ2) is 9.62. The highest BCUT2D eigenvalue weighted by molar-refractivity contribution is 7.92. The summed E-state index contributed by atoms with van der Waals surface area (Å²) in [4.78, 5) is 13.4. The highest BCUT2D eigenvalue weighted by atomic mass is 35.5. The molecular formula is C21H15Cl2N3O3S2. The number of halogens is 2. The zero-order valence-corrected chi connectivity index (χ0v) is 19.0. The second-order valence-electron chi connectivity index (χ2n) is 6.39. The lowest BCUT2D eigenvalue weighted by Crippen LogP contribution is -2.19. The fourth-order valence-corrected chi connectivity index (χ4v) is 4.36. The van der Waals surface area contributed by atoms with E-state index in [2.05, 4.69) is 22.7 Å². The average Bonchev–Trinajstić information content (AvgIpc) is 2.71. The summed E-state index contributed by atoms with van der Waals surface area (Å²) in [6.45, 7) is 0. The number of rotatable bonds is 6. The summed E-state index contributed by atoms with van der Waals surface area (Å²) in [5.41, 5.74) is 1.24. The number of hydrogen-bond donors (Lipinski definition) is 3. The van der Waals surface area contributed by atoms with Crippen LogP contribution in [-0.4, -0.2) is 14.3 Å². The predicted molar refractivity (Wildman–Crippen MR) is 125 cm³/mol. The van der Waals surface area contributed by atoms with Crippen LogP contribution in [0.1, 0.15) is 15.9 Å². The summed E-state index contributed by atoms with van der Waals surface area (Å²) >= 11 is 16.2. The fraction of sp³-hybridized carbons (Fsp3) is 0.0476. The van der Waals surface area contributed by atoms with E-state index in [1.165, 1.54) is 42.5 Å². The van der Waals surface area contributed by atoms with Gasteiger partial charge in [-0.2, -0.15) is 5.26 Å².